The highest BCUT2D eigenvalue weighted by Gasteiger charge is 2.12. The zero-order chi connectivity index (χ0) is 29.4. The van der Waals surface area contributed by atoms with E-state index in [1.807, 2.05) is 0 Å². The Morgan fingerprint density at radius 1 is 0.525 bits per heavy atom. The molecule has 0 aromatic carbocycles. The zero-order valence-corrected chi connectivity index (χ0v) is 25.2. The predicted molar refractivity (Wildman–Crippen MR) is 163 cm³/mol. The molecule has 5 nitrogen and oxygen atoms in total. The molecule has 0 spiro atoms. The highest BCUT2D eigenvalue weighted by molar-refractivity contribution is 5.69. The maximum absolute atomic E-state index is 11.8. The molecule has 1 N–H and O–H groups in total. The van der Waals surface area contributed by atoms with Crippen LogP contribution in [0.15, 0.2) is 0 Å². The third-order valence-electron chi connectivity index (χ3n) is 6.03. The molecule has 0 heterocycles. The van der Waals surface area contributed by atoms with E-state index in [-0.39, 0.29) is 25.2 Å². The molecule has 0 rings (SSSR count). The molecule has 0 aliphatic carbocycles. The van der Waals surface area contributed by atoms with Gasteiger partial charge in [0.2, 0.25) is 0 Å². The molecular formula is C35H52O5. The van der Waals surface area contributed by atoms with Gasteiger partial charge in [-0.05, 0) is 62.2 Å². The van der Waals surface area contributed by atoms with Crippen molar-refractivity contribution in [1.29, 1.82) is 0 Å². The van der Waals surface area contributed by atoms with Gasteiger partial charge >= 0.3 is 11.9 Å². The molecule has 5 heteroatoms. The number of aliphatic hydroxyl groups excluding tert-OH is 1. The van der Waals surface area contributed by atoms with Crippen LogP contribution in [-0.4, -0.2) is 36.4 Å². The van der Waals surface area contributed by atoms with Gasteiger partial charge in [0.25, 0.3) is 0 Å². The van der Waals surface area contributed by atoms with Crippen molar-refractivity contribution in [2.75, 3.05) is 13.2 Å². The number of ether oxygens (including phenoxy) is 2. The first-order valence-corrected chi connectivity index (χ1v) is 15.5. The van der Waals surface area contributed by atoms with Crippen LogP contribution in [0.5, 0.6) is 0 Å². The van der Waals surface area contributed by atoms with Gasteiger partial charge in [-0.25, -0.2) is 0 Å². The van der Waals surface area contributed by atoms with Crippen LogP contribution in [0, 0.1) is 47.4 Å². The van der Waals surface area contributed by atoms with E-state index in [4.69, 9.17) is 9.47 Å². The minimum absolute atomic E-state index is 0.172. The van der Waals surface area contributed by atoms with Crippen LogP contribution in [-0.2, 0) is 19.1 Å². The summed E-state index contributed by atoms with van der Waals surface area (Å²) in [6, 6.07) is 0. The van der Waals surface area contributed by atoms with Crippen molar-refractivity contribution in [1.82, 2.24) is 0 Å². The SMILES string of the molecule is CCCCCCC#CC#CCCCCCC(=O)OCC(O)COC(=O)CCCCCC#CC#CCCCCCC. The van der Waals surface area contributed by atoms with Gasteiger partial charge in [0.15, 0.2) is 0 Å². The van der Waals surface area contributed by atoms with Crippen LogP contribution in [0.3, 0.4) is 0 Å². The molecule has 0 aliphatic rings. The van der Waals surface area contributed by atoms with Gasteiger partial charge in [0, 0.05) is 38.5 Å². The smallest absolute Gasteiger partial charge is 0.305 e. The van der Waals surface area contributed by atoms with E-state index in [0.29, 0.717) is 25.7 Å². The lowest BCUT2D eigenvalue weighted by molar-refractivity contribution is -0.152. The molecule has 40 heavy (non-hydrogen) atoms. The predicted octanol–water partition coefficient (Wildman–Crippen LogP) is 7.29. The number of carbonyl (C=O) groups excluding carboxylic acids is 2. The average Bonchev–Trinajstić information content (AvgIpc) is 2.95. The second-order valence-corrected chi connectivity index (χ2v) is 9.97. The summed E-state index contributed by atoms with van der Waals surface area (Å²) in [5.74, 6) is 23.1. The highest BCUT2D eigenvalue weighted by atomic mass is 16.6. The molecule has 0 aliphatic heterocycles. The van der Waals surface area contributed by atoms with Crippen molar-refractivity contribution in [2.24, 2.45) is 0 Å². The monoisotopic (exact) mass is 552 g/mol. The fourth-order valence-electron chi connectivity index (χ4n) is 3.60. The molecule has 222 valence electrons. The van der Waals surface area contributed by atoms with Crippen molar-refractivity contribution in [3.8, 4) is 47.4 Å². The Bertz CT molecular complexity index is 817. The van der Waals surface area contributed by atoms with Crippen LogP contribution in [0.25, 0.3) is 0 Å². The minimum Gasteiger partial charge on any atom is -0.463 e. The van der Waals surface area contributed by atoms with Gasteiger partial charge in [0.1, 0.15) is 19.3 Å². The molecule has 0 unspecified atom stereocenters. The number of aliphatic hydroxyl groups is 1. The number of rotatable bonds is 22. The Morgan fingerprint density at radius 3 is 1.18 bits per heavy atom. The number of hydrogen-bond donors (Lipinski definition) is 1. The molecule has 0 bridgehead atoms. The highest BCUT2D eigenvalue weighted by Crippen LogP contribution is 2.06. The number of unbranched alkanes of at least 4 members (excludes halogenated alkanes) is 14. The molecule has 0 radical (unpaired) electrons. The van der Waals surface area contributed by atoms with E-state index in [2.05, 4.69) is 61.2 Å². The molecule has 0 amide bonds. The number of esters is 2. The Labute approximate surface area is 244 Å². The maximum Gasteiger partial charge on any atom is 0.305 e. The third-order valence-corrected chi connectivity index (χ3v) is 6.03. The van der Waals surface area contributed by atoms with Crippen LogP contribution in [0.4, 0.5) is 0 Å². The van der Waals surface area contributed by atoms with Gasteiger partial charge in [-0.3, -0.25) is 9.59 Å². The van der Waals surface area contributed by atoms with E-state index in [1.54, 1.807) is 0 Å². The van der Waals surface area contributed by atoms with Gasteiger partial charge in [-0.1, -0.05) is 88.9 Å². The first-order chi connectivity index (χ1) is 19.6. The fourth-order valence-corrected chi connectivity index (χ4v) is 3.60. The lowest BCUT2D eigenvalue weighted by atomic mass is 10.1. The van der Waals surface area contributed by atoms with Crippen molar-refractivity contribution in [3.63, 3.8) is 0 Å². The molecule has 0 saturated heterocycles. The second kappa shape index (κ2) is 30.7. The van der Waals surface area contributed by atoms with E-state index in [9.17, 15) is 14.7 Å². The van der Waals surface area contributed by atoms with Crippen molar-refractivity contribution in [2.45, 2.75) is 148 Å². The Balaban J connectivity index is 3.63. The van der Waals surface area contributed by atoms with Gasteiger partial charge in [0.05, 0.1) is 0 Å². The van der Waals surface area contributed by atoms with Crippen LogP contribution in [0.2, 0.25) is 0 Å². The van der Waals surface area contributed by atoms with E-state index < -0.39 is 6.10 Å². The Morgan fingerprint density at radius 2 is 0.850 bits per heavy atom. The number of carbonyl (C=O) groups is 2. The third kappa shape index (κ3) is 29.7. The molecule has 0 aromatic heterocycles. The summed E-state index contributed by atoms with van der Waals surface area (Å²) in [4.78, 5) is 23.7. The summed E-state index contributed by atoms with van der Waals surface area (Å²) in [5, 5.41) is 9.91. The topological polar surface area (TPSA) is 72.8 Å². The molecular weight excluding hydrogens is 500 g/mol. The van der Waals surface area contributed by atoms with E-state index in [1.165, 1.54) is 38.5 Å². The van der Waals surface area contributed by atoms with Crippen LogP contribution >= 0.6 is 0 Å². The lowest BCUT2D eigenvalue weighted by Crippen LogP contribution is -2.25. The first kappa shape index (κ1) is 37.1. The molecule has 0 fully saturated rings. The molecule has 0 aromatic rings. The van der Waals surface area contributed by atoms with Crippen LogP contribution in [0.1, 0.15) is 142 Å². The summed E-state index contributed by atoms with van der Waals surface area (Å²) in [6.07, 6.45) is 17.8. The number of hydrogen-bond acceptors (Lipinski definition) is 5. The second-order valence-electron chi connectivity index (χ2n) is 9.97. The quantitative estimate of drug-likeness (QED) is 0.0867. The van der Waals surface area contributed by atoms with Gasteiger partial charge in [-0.2, -0.15) is 0 Å². The maximum atomic E-state index is 11.8. The Hall–Kier alpha value is -2.86. The zero-order valence-electron chi connectivity index (χ0n) is 25.2. The standard InChI is InChI=1S/C35H52O5/c1-3-5-7-9-11-13-15-17-19-21-23-25-27-29-34(37)39-31-33(36)32-40-35(38)30-28-26-24-22-20-18-16-14-12-10-8-6-4-2/h33,36H,3-12,21-32H2,1-2H3. The summed E-state index contributed by atoms with van der Waals surface area (Å²) < 4.78 is 10.2. The normalized spacial score (nSPS) is 9.70. The first-order valence-electron chi connectivity index (χ1n) is 15.5. The molecule has 0 atom stereocenters. The fraction of sp³-hybridized carbons (Fsp3) is 0.714. The summed E-state index contributed by atoms with van der Waals surface area (Å²) in [7, 11) is 0. The lowest BCUT2D eigenvalue weighted by Gasteiger charge is -2.12. The summed E-state index contributed by atoms with van der Waals surface area (Å²) in [5.41, 5.74) is 0. The van der Waals surface area contributed by atoms with Crippen molar-refractivity contribution < 1.29 is 24.2 Å². The van der Waals surface area contributed by atoms with E-state index >= 15 is 0 Å². The summed E-state index contributed by atoms with van der Waals surface area (Å²) >= 11 is 0. The minimum atomic E-state index is -1.01. The Kier molecular flexibility index (Phi) is 28.5. The van der Waals surface area contributed by atoms with Crippen LogP contribution < -0.4 is 0 Å². The average molecular weight is 553 g/mol. The van der Waals surface area contributed by atoms with Gasteiger partial charge in [-0.15, -0.1) is 0 Å². The van der Waals surface area contributed by atoms with Crippen molar-refractivity contribution in [3.05, 3.63) is 0 Å². The largest absolute Gasteiger partial charge is 0.463 e. The van der Waals surface area contributed by atoms with E-state index in [0.717, 1.165) is 64.2 Å². The van der Waals surface area contributed by atoms with Gasteiger partial charge < -0.3 is 14.6 Å². The van der Waals surface area contributed by atoms with Crippen molar-refractivity contribution >= 4 is 11.9 Å². The summed E-state index contributed by atoms with van der Waals surface area (Å²) in [6.45, 7) is 4.05. The molecule has 0 saturated carbocycles.